The van der Waals surface area contributed by atoms with Gasteiger partial charge < -0.3 is 19.7 Å². The summed E-state index contributed by atoms with van der Waals surface area (Å²) in [6, 6.07) is 0. The van der Waals surface area contributed by atoms with E-state index < -0.39 is 30.0 Å². The molecule has 0 aliphatic rings. The van der Waals surface area contributed by atoms with Gasteiger partial charge in [-0.15, -0.1) is 0 Å². The van der Waals surface area contributed by atoms with E-state index in [1.807, 2.05) is 0 Å². The van der Waals surface area contributed by atoms with Crippen LogP contribution < -0.4 is 0 Å². The Morgan fingerprint density at radius 2 is 0.938 bits per heavy atom. The molecule has 0 amide bonds. The van der Waals surface area contributed by atoms with Gasteiger partial charge in [0.05, 0.1) is 0 Å². The summed E-state index contributed by atoms with van der Waals surface area (Å²) in [6.45, 7) is 0. The molecule has 0 fully saturated rings. The van der Waals surface area contributed by atoms with E-state index in [4.69, 9.17) is 10.2 Å². The molecule has 0 unspecified atom stereocenters. The van der Waals surface area contributed by atoms with Gasteiger partial charge in [0.1, 0.15) is 0 Å². The topological polar surface area (TPSA) is 144 Å². The van der Waals surface area contributed by atoms with Gasteiger partial charge >= 0.3 is 30.0 Å². The number of hydrogen-bond donors (Lipinski definition) is 2. The first-order valence-corrected chi connectivity index (χ1v) is 2.78. The third kappa shape index (κ3) is 8.21. The van der Waals surface area contributed by atoms with Crippen molar-refractivity contribution in [2.75, 3.05) is 0 Å². The number of carbonyl (C=O) groups is 5. The predicted molar refractivity (Wildman–Crippen MR) is 32.9 cm³/mol. The maximum Gasteiger partial charge on any atom is 0.524 e. The number of rotatable bonds is 0. The Bertz CT molecular complexity index is 292. The molecule has 2 N–H and O–H groups in total. The van der Waals surface area contributed by atoms with Crippen LogP contribution in [0.1, 0.15) is 0 Å². The van der Waals surface area contributed by atoms with Gasteiger partial charge in [0.25, 0.3) is 0 Å². The molecule has 0 aromatic rings. The summed E-state index contributed by atoms with van der Waals surface area (Å²) in [5, 5.41) is 15.8. The quantitative estimate of drug-likeness (QED) is 0.204. The Hall–Kier alpha value is -1.13. The molecule has 0 aromatic carbocycles. The molecule has 0 spiro atoms. The van der Waals surface area contributed by atoms with E-state index in [0.717, 1.165) is 0 Å². The van der Waals surface area contributed by atoms with E-state index in [9.17, 15) is 24.0 Å². The molecule has 0 atom stereocenters. The number of aliphatic carboxylic acids is 2. The van der Waals surface area contributed by atoms with Crippen LogP contribution in [0.2, 0.25) is 0 Å². The zero-order valence-electron chi connectivity index (χ0n) is 6.88. The Kier molecular flexibility index (Phi) is 11.6. The van der Waals surface area contributed by atoms with E-state index >= 15 is 0 Å². The molecule has 0 radical (unpaired) electrons. The monoisotopic (exact) mass is 418 g/mol. The van der Waals surface area contributed by atoms with Crippen LogP contribution in [0.4, 0.5) is 4.79 Å². The largest absolute Gasteiger partial charge is 0.524 e. The second-order valence-corrected chi connectivity index (χ2v) is 1.64. The minimum Gasteiger partial charge on any atom is -0.473 e. The van der Waals surface area contributed by atoms with E-state index in [1.54, 1.807) is 0 Å². The SMILES string of the molecule is O=C(OC(=O)C(=O)O)OC(=O)C(=O)O.[Pd].[Pd]. The maximum atomic E-state index is 10.3. The van der Waals surface area contributed by atoms with Crippen molar-refractivity contribution in [3.63, 3.8) is 0 Å². The molecule has 11 heteroatoms. The smallest absolute Gasteiger partial charge is 0.473 e. The van der Waals surface area contributed by atoms with Crippen LogP contribution in [-0.2, 0) is 69.5 Å². The molecule has 0 saturated carbocycles. The van der Waals surface area contributed by atoms with E-state index in [1.165, 1.54) is 0 Å². The third-order valence-electron chi connectivity index (χ3n) is 0.701. The van der Waals surface area contributed by atoms with Gasteiger partial charge in [-0.25, -0.2) is 24.0 Å². The normalized spacial score (nSPS) is 7.50. The van der Waals surface area contributed by atoms with Crippen LogP contribution in [0.5, 0.6) is 0 Å². The molecule has 96 valence electrons. The minimum absolute atomic E-state index is 0. The fourth-order valence-corrected chi connectivity index (χ4v) is 0.260. The van der Waals surface area contributed by atoms with E-state index in [2.05, 4.69) is 9.47 Å². The van der Waals surface area contributed by atoms with Crippen LogP contribution in [0.15, 0.2) is 0 Å². The summed E-state index contributed by atoms with van der Waals surface area (Å²) in [6.07, 6.45) is -2.02. The van der Waals surface area contributed by atoms with Crippen LogP contribution >= 0.6 is 0 Å². The second kappa shape index (κ2) is 9.13. The van der Waals surface area contributed by atoms with Crippen molar-refractivity contribution in [1.29, 1.82) is 0 Å². The summed E-state index contributed by atoms with van der Waals surface area (Å²) in [4.78, 5) is 50.0. The first-order chi connectivity index (χ1) is 6.34. The van der Waals surface area contributed by atoms with E-state index in [-0.39, 0.29) is 40.8 Å². The summed E-state index contributed by atoms with van der Waals surface area (Å²) in [7, 11) is 0. The third-order valence-corrected chi connectivity index (χ3v) is 0.701. The molecule has 0 bridgehead atoms. The van der Waals surface area contributed by atoms with Crippen molar-refractivity contribution in [1.82, 2.24) is 0 Å². The average molecular weight is 419 g/mol. The van der Waals surface area contributed by atoms with Gasteiger partial charge in [0, 0.05) is 40.8 Å². The number of hydrogen-bond acceptors (Lipinski definition) is 7. The number of esters is 2. The summed E-state index contributed by atoms with van der Waals surface area (Å²) in [5.74, 6) is -8.17. The fourth-order valence-electron chi connectivity index (χ4n) is 0.260. The molecule has 16 heavy (non-hydrogen) atoms. The van der Waals surface area contributed by atoms with Crippen molar-refractivity contribution in [3.05, 3.63) is 0 Å². The Labute approximate surface area is 114 Å². The van der Waals surface area contributed by atoms with Crippen LogP contribution in [0, 0.1) is 0 Å². The zero-order valence-corrected chi connectivity index (χ0v) is 9.99. The van der Waals surface area contributed by atoms with Crippen molar-refractivity contribution in [2.24, 2.45) is 0 Å². The van der Waals surface area contributed by atoms with Crippen molar-refractivity contribution in [3.8, 4) is 0 Å². The molecule has 0 saturated heterocycles. The van der Waals surface area contributed by atoms with Crippen LogP contribution in [0.25, 0.3) is 0 Å². The number of carboxylic acid groups (broad SMARTS) is 2. The summed E-state index contributed by atoms with van der Waals surface area (Å²) in [5.41, 5.74) is 0. The van der Waals surface area contributed by atoms with Crippen molar-refractivity contribution in [2.45, 2.75) is 0 Å². The van der Waals surface area contributed by atoms with E-state index in [0.29, 0.717) is 0 Å². The number of carbonyl (C=O) groups excluding carboxylic acids is 3. The molecule has 0 aliphatic carbocycles. The van der Waals surface area contributed by atoms with Gasteiger partial charge in [-0.05, 0) is 0 Å². The summed E-state index contributed by atoms with van der Waals surface area (Å²) < 4.78 is 6.70. The first kappa shape index (κ1) is 20.3. The standard InChI is InChI=1S/C5H2O9.2Pd/c6-1(7)3(10)13-5(12)14-4(11)2(8)9;;/h(H,6,7)(H,8,9);;. The zero-order chi connectivity index (χ0) is 11.3. The van der Waals surface area contributed by atoms with Gasteiger partial charge in [-0.3, -0.25) is 0 Å². The maximum absolute atomic E-state index is 10.3. The predicted octanol–water partition coefficient (Wildman–Crippen LogP) is -1.64. The van der Waals surface area contributed by atoms with Gasteiger partial charge in [0.15, 0.2) is 0 Å². The molecule has 0 aliphatic heterocycles. The Balaban J connectivity index is -0.000000845. The molecule has 9 nitrogen and oxygen atoms in total. The minimum atomic E-state index is -2.09. The van der Waals surface area contributed by atoms with Crippen LogP contribution in [0.3, 0.4) is 0 Å². The van der Waals surface area contributed by atoms with Gasteiger partial charge in [-0.2, -0.15) is 0 Å². The molecule has 0 aromatic heterocycles. The first-order valence-electron chi connectivity index (χ1n) is 2.78. The fraction of sp³-hybridized carbons (Fsp3) is 0. The Morgan fingerprint density at radius 3 is 1.12 bits per heavy atom. The van der Waals surface area contributed by atoms with Crippen molar-refractivity contribution >= 4 is 30.0 Å². The van der Waals surface area contributed by atoms with Crippen LogP contribution in [-0.4, -0.2) is 40.2 Å². The van der Waals surface area contributed by atoms with Gasteiger partial charge in [-0.1, -0.05) is 0 Å². The van der Waals surface area contributed by atoms with Gasteiger partial charge in [0.2, 0.25) is 0 Å². The molecular formula is C5H2O9Pd2. The second-order valence-electron chi connectivity index (χ2n) is 1.64. The molecular weight excluding hydrogens is 417 g/mol. The Morgan fingerprint density at radius 1 is 0.688 bits per heavy atom. The molecule has 0 rings (SSSR count). The average Bonchev–Trinajstić information content (AvgIpc) is 2.03. The number of ether oxygens (including phenoxy) is 2. The van der Waals surface area contributed by atoms with Crippen molar-refractivity contribution < 1.29 is 84.5 Å². The number of carboxylic acids is 2. The summed E-state index contributed by atoms with van der Waals surface area (Å²) >= 11 is 0. The molecule has 0 heterocycles.